The Morgan fingerprint density at radius 3 is 2.57 bits per heavy atom. The fourth-order valence-corrected chi connectivity index (χ4v) is 1.31. The van der Waals surface area contributed by atoms with E-state index >= 15 is 0 Å². The molecule has 0 aromatic carbocycles. The summed E-state index contributed by atoms with van der Waals surface area (Å²) in [4.78, 5) is 13.0. The van der Waals surface area contributed by atoms with Gasteiger partial charge in [0.25, 0.3) is 0 Å². The molecule has 2 rings (SSSR count). The largest absolute Gasteiger partial charge is 0.259 e. The Bertz CT molecular complexity index is 463. The molecule has 2 aromatic rings. The lowest BCUT2D eigenvalue weighted by molar-refractivity contribution is 0.821. The summed E-state index contributed by atoms with van der Waals surface area (Å²) in [5.74, 6) is 0.417. The third-order valence-electron chi connectivity index (χ3n) is 2.18. The van der Waals surface area contributed by atoms with Crippen molar-refractivity contribution >= 4 is 11.0 Å². The Labute approximate surface area is 83.2 Å². The van der Waals surface area contributed by atoms with Crippen LogP contribution in [-0.4, -0.2) is 15.0 Å². The second-order valence-corrected chi connectivity index (χ2v) is 3.76. The third-order valence-corrected chi connectivity index (χ3v) is 2.18. The van der Waals surface area contributed by atoms with Crippen LogP contribution in [0.4, 0.5) is 0 Å². The quantitative estimate of drug-likeness (QED) is 0.688. The fourth-order valence-electron chi connectivity index (χ4n) is 1.31. The second kappa shape index (κ2) is 3.33. The van der Waals surface area contributed by atoms with Crippen molar-refractivity contribution in [2.24, 2.45) is 0 Å². The number of rotatable bonds is 1. The Kier molecular flexibility index (Phi) is 2.15. The van der Waals surface area contributed by atoms with Gasteiger partial charge in [-0.05, 0) is 18.9 Å². The van der Waals surface area contributed by atoms with Crippen LogP contribution in [-0.2, 0) is 0 Å². The van der Waals surface area contributed by atoms with E-state index in [-0.39, 0.29) is 0 Å². The van der Waals surface area contributed by atoms with E-state index in [4.69, 9.17) is 0 Å². The van der Waals surface area contributed by atoms with Crippen molar-refractivity contribution in [3.63, 3.8) is 0 Å². The average molecular weight is 187 g/mol. The first kappa shape index (κ1) is 9.06. The molecule has 0 bridgehead atoms. The molecular weight excluding hydrogens is 174 g/mol. The van der Waals surface area contributed by atoms with E-state index in [0.717, 1.165) is 22.4 Å². The maximum Gasteiger partial charge on any atom is 0.107 e. The molecule has 3 heteroatoms. The van der Waals surface area contributed by atoms with Crippen LogP contribution in [0.2, 0.25) is 0 Å². The molecule has 0 fully saturated rings. The summed E-state index contributed by atoms with van der Waals surface area (Å²) in [6, 6.07) is 1.97. The molecule has 0 spiro atoms. The van der Waals surface area contributed by atoms with Gasteiger partial charge in [0.05, 0.1) is 17.4 Å². The molecule has 0 saturated heterocycles. The van der Waals surface area contributed by atoms with Gasteiger partial charge in [0.1, 0.15) is 5.52 Å². The lowest BCUT2D eigenvalue weighted by Crippen LogP contribution is -1.96. The van der Waals surface area contributed by atoms with Crippen molar-refractivity contribution in [2.45, 2.75) is 26.7 Å². The molecule has 0 radical (unpaired) electrons. The maximum absolute atomic E-state index is 4.53. The summed E-state index contributed by atoms with van der Waals surface area (Å²) < 4.78 is 0. The van der Waals surface area contributed by atoms with Gasteiger partial charge < -0.3 is 0 Å². The SMILES string of the molecule is Cc1cc2nc(C(C)C)cnc2cn1. The molecule has 2 aromatic heterocycles. The van der Waals surface area contributed by atoms with E-state index in [0.29, 0.717) is 5.92 Å². The third kappa shape index (κ3) is 1.58. The fraction of sp³-hybridized carbons (Fsp3) is 0.364. The molecule has 0 atom stereocenters. The highest BCUT2D eigenvalue weighted by Crippen LogP contribution is 2.14. The van der Waals surface area contributed by atoms with Crippen LogP contribution >= 0.6 is 0 Å². The number of aromatic nitrogens is 3. The van der Waals surface area contributed by atoms with Gasteiger partial charge in [-0.3, -0.25) is 9.97 Å². The van der Waals surface area contributed by atoms with Crippen molar-refractivity contribution in [3.05, 3.63) is 29.8 Å². The molecule has 2 heterocycles. The number of pyridine rings is 1. The van der Waals surface area contributed by atoms with Crippen molar-refractivity contribution < 1.29 is 0 Å². The van der Waals surface area contributed by atoms with Crippen molar-refractivity contribution in [3.8, 4) is 0 Å². The van der Waals surface area contributed by atoms with Crippen LogP contribution in [0, 0.1) is 6.92 Å². The summed E-state index contributed by atoms with van der Waals surface area (Å²) in [6.45, 7) is 6.19. The normalized spacial score (nSPS) is 11.1. The van der Waals surface area contributed by atoms with Crippen LogP contribution in [0.3, 0.4) is 0 Å². The lowest BCUT2D eigenvalue weighted by atomic mass is 10.1. The predicted octanol–water partition coefficient (Wildman–Crippen LogP) is 2.46. The topological polar surface area (TPSA) is 38.7 Å². The van der Waals surface area contributed by atoms with E-state index in [1.54, 1.807) is 6.20 Å². The molecular formula is C11H13N3. The van der Waals surface area contributed by atoms with Gasteiger partial charge in [0.15, 0.2) is 0 Å². The van der Waals surface area contributed by atoms with Gasteiger partial charge in [0.2, 0.25) is 0 Å². The van der Waals surface area contributed by atoms with Gasteiger partial charge in [-0.1, -0.05) is 13.8 Å². The standard InChI is InChI=1S/C11H13N3/c1-7(2)10-5-13-11-6-12-8(3)4-9(11)14-10/h4-7H,1-3H3. The van der Waals surface area contributed by atoms with Crippen LogP contribution in [0.5, 0.6) is 0 Å². The molecule has 0 aliphatic rings. The summed E-state index contributed by atoms with van der Waals surface area (Å²) in [6.07, 6.45) is 3.59. The Morgan fingerprint density at radius 2 is 1.86 bits per heavy atom. The first-order valence-corrected chi connectivity index (χ1v) is 4.76. The molecule has 3 nitrogen and oxygen atoms in total. The predicted molar refractivity (Wildman–Crippen MR) is 56.2 cm³/mol. The highest BCUT2D eigenvalue weighted by molar-refractivity contribution is 5.73. The highest BCUT2D eigenvalue weighted by Gasteiger charge is 2.03. The maximum atomic E-state index is 4.53. The summed E-state index contributed by atoms with van der Waals surface area (Å²) in [5.41, 5.74) is 3.81. The van der Waals surface area contributed by atoms with Crippen LogP contribution < -0.4 is 0 Å². The molecule has 0 unspecified atom stereocenters. The Hall–Kier alpha value is -1.51. The van der Waals surface area contributed by atoms with Crippen molar-refractivity contribution in [1.29, 1.82) is 0 Å². The van der Waals surface area contributed by atoms with E-state index in [2.05, 4.69) is 28.8 Å². The lowest BCUT2D eigenvalue weighted by Gasteiger charge is -2.04. The number of fused-ring (bicyclic) bond motifs is 1. The van der Waals surface area contributed by atoms with Gasteiger partial charge >= 0.3 is 0 Å². The first-order chi connectivity index (χ1) is 6.66. The van der Waals surface area contributed by atoms with Crippen LogP contribution in [0.1, 0.15) is 31.2 Å². The molecule has 0 amide bonds. The summed E-state index contributed by atoms with van der Waals surface area (Å²) in [7, 11) is 0. The zero-order chi connectivity index (χ0) is 10.1. The van der Waals surface area contributed by atoms with Crippen molar-refractivity contribution in [2.75, 3.05) is 0 Å². The van der Waals surface area contributed by atoms with E-state index in [9.17, 15) is 0 Å². The Balaban J connectivity index is 2.63. The molecule has 14 heavy (non-hydrogen) atoms. The molecule has 0 N–H and O–H groups in total. The minimum absolute atomic E-state index is 0.417. The number of nitrogens with zero attached hydrogens (tertiary/aromatic N) is 3. The highest BCUT2D eigenvalue weighted by atomic mass is 14.8. The number of hydrogen-bond acceptors (Lipinski definition) is 3. The van der Waals surface area contributed by atoms with Crippen LogP contribution in [0.25, 0.3) is 11.0 Å². The van der Waals surface area contributed by atoms with Gasteiger partial charge in [-0.25, -0.2) is 4.98 Å². The smallest absolute Gasteiger partial charge is 0.107 e. The minimum Gasteiger partial charge on any atom is -0.259 e. The summed E-state index contributed by atoms with van der Waals surface area (Å²) in [5, 5.41) is 0. The molecule has 0 saturated carbocycles. The monoisotopic (exact) mass is 187 g/mol. The zero-order valence-electron chi connectivity index (χ0n) is 8.65. The van der Waals surface area contributed by atoms with Crippen LogP contribution in [0.15, 0.2) is 18.5 Å². The van der Waals surface area contributed by atoms with Gasteiger partial charge in [0, 0.05) is 11.9 Å². The Morgan fingerprint density at radius 1 is 1.07 bits per heavy atom. The van der Waals surface area contributed by atoms with E-state index < -0.39 is 0 Å². The second-order valence-electron chi connectivity index (χ2n) is 3.76. The number of hydrogen-bond donors (Lipinski definition) is 0. The minimum atomic E-state index is 0.417. The molecule has 0 aliphatic carbocycles. The zero-order valence-corrected chi connectivity index (χ0v) is 8.65. The molecule has 72 valence electrons. The van der Waals surface area contributed by atoms with E-state index in [1.807, 2.05) is 19.2 Å². The summed E-state index contributed by atoms with van der Waals surface area (Å²) >= 11 is 0. The molecule has 0 aliphatic heterocycles. The average Bonchev–Trinajstić information content (AvgIpc) is 2.16. The number of aryl methyl sites for hydroxylation is 1. The first-order valence-electron chi connectivity index (χ1n) is 4.76. The van der Waals surface area contributed by atoms with E-state index in [1.165, 1.54) is 0 Å². The van der Waals surface area contributed by atoms with Gasteiger partial charge in [-0.15, -0.1) is 0 Å². The van der Waals surface area contributed by atoms with Gasteiger partial charge in [-0.2, -0.15) is 0 Å². The van der Waals surface area contributed by atoms with Crippen molar-refractivity contribution in [1.82, 2.24) is 15.0 Å².